The molecule has 7 nitrogen and oxygen atoms in total. The lowest BCUT2D eigenvalue weighted by Crippen LogP contribution is -2.37. The van der Waals surface area contributed by atoms with Gasteiger partial charge in [0.15, 0.2) is 0 Å². The number of hydrogen-bond acceptors (Lipinski definition) is 4. The summed E-state index contributed by atoms with van der Waals surface area (Å²) in [6.45, 7) is 1.43. The van der Waals surface area contributed by atoms with Crippen LogP contribution < -0.4 is 16.6 Å². The first-order valence-corrected chi connectivity index (χ1v) is 4.45. The molecule has 0 bridgehead atoms. The lowest BCUT2D eigenvalue weighted by molar-refractivity contribution is -0.121. The molecule has 1 heterocycles. The molecule has 0 atom stereocenters. The van der Waals surface area contributed by atoms with Gasteiger partial charge in [-0.15, -0.1) is 0 Å². The summed E-state index contributed by atoms with van der Waals surface area (Å²) in [6.07, 6.45) is 0. The second-order valence-corrected chi connectivity index (χ2v) is 2.94. The number of aromatic amines is 1. The summed E-state index contributed by atoms with van der Waals surface area (Å²) in [5.74, 6) is -3.23. The van der Waals surface area contributed by atoms with Crippen molar-refractivity contribution < 1.29 is 14.3 Å². The molecule has 16 heavy (non-hydrogen) atoms. The normalized spacial score (nSPS) is 10.1. The summed E-state index contributed by atoms with van der Waals surface area (Å²) in [5.41, 5.74) is -2.37. The fourth-order valence-electron chi connectivity index (χ4n) is 1.08. The molecule has 0 aliphatic rings. The summed E-state index contributed by atoms with van der Waals surface area (Å²) in [7, 11) is 0. The van der Waals surface area contributed by atoms with Gasteiger partial charge in [-0.3, -0.25) is 19.1 Å². The molecule has 0 spiro atoms. The number of halogens is 1. The number of likely N-dealkylation sites (N-methyl/N-ethyl adjacent to an activating group) is 1. The lowest BCUT2D eigenvalue weighted by Gasteiger charge is -2.07. The van der Waals surface area contributed by atoms with Crippen molar-refractivity contribution in [2.45, 2.75) is 13.5 Å². The van der Waals surface area contributed by atoms with Crippen LogP contribution >= 0.6 is 0 Å². The molecule has 1 aromatic rings. The van der Waals surface area contributed by atoms with Crippen molar-refractivity contribution in [3.63, 3.8) is 0 Å². The number of H-pyrrole nitrogens is 1. The predicted molar refractivity (Wildman–Crippen MR) is 51.6 cm³/mol. The van der Waals surface area contributed by atoms with Gasteiger partial charge < -0.3 is 10.4 Å². The third-order valence-electron chi connectivity index (χ3n) is 1.79. The van der Waals surface area contributed by atoms with Crippen molar-refractivity contribution in [1.82, 2.24) is 14.9 Å². The highest BCUT2D eigenvalue weighted by molar-refractivity contribution is 5.75. The average Bonchev–Trinajstić information content (AvgIpc) is 2.22. The van der Waals surface area contributed by atoms with Crippen LogP contribution in [0.25, 0.3) is 0 Å². The Kier molecular flexibility index (Phi) is 3.44. The van der Waals surface area contributed by atoms with E-state index in [0.29, 0.717) is 11.1 Å². The van der Waals surface area contributed by atoms with Crippen molar-refractivity contribution in [3.05, 3.63) is 26.7 Å². The molecular formula is C8H10FN3O4. The summed E-state index contributed by atoms with van der Waals surface area (Å²) in [4.78, 5) is 34.6. The molecule has 0 saturated heterocycles. The van der Waals surface area contributed by atoms with Crippen LogP contribution in [-0.4, -0.2) is 27.1 Å². The molecule has 0 radical (unpaired) electrons. The van der Waals surface area contributed by atoms with Gasteiger partial charge in [0.2, 0.25) is 17.6 Å². The number of hydrogen-bond donors (Lipinski definition) is 3. The van der Waals surface area contributed by atoms with E-state index in [0.717, 1.165) is 0 Å². The fraction of sp³-hybridized carbons (Fsp3) is 0.375. The molecule has 0 aliphatic heterocycles. The highest BCUT2D eigenvalue weighted by Crippen LogP contribution is 2.06. The third-order valence-corrected chi connectivity index (χ3v) is 1.79. The fourth-order valence-corrected chi connectivity index (χ4v) is 1.08. The van der Waals surface area contributed by atoms with Gasteiger partial charge in [0, 0.05) is 6.54 Å². The lowest BCUT2D eigenvalue weighted by atomic mass is 10.5. The Hall–Kier alpha value is -2.12. The minimum Gasteiger partial charge on any atom is -0.492 e. The van der Waals surface area contributed by atoms with Crippen LogP contribution in [0.3, 0.4) is 0 Å². The van der Waals surface area contributed by atoms with Gasteiger partial charge in [-0.05, 0) is 6.92 Å². The Morgan fingerprint density at radius 3 is 2.75 bits per heavy atom. The largest absolute Gasteiger partial charge is 0.492 e. The van der Waals surface area contributed by atoms with Crippen molar-refractivity contribution >= 4 is 5.91 Å². The molecule has 0 unspecified atom stereocenters. The average molecular weight is 231 g/mol. The van der Waals surface area contributed by atoms with Gasteiger partial charge in [0.1, 0.15) is 6.54 Å². The molecule has 0 fully saturated rings. The summed E-state index contributed by atoms with van der Waals surface area (Å²) < 4.78 is 13.4. The number of aromatic hydroxyl groups is 1. The number of nitrogens with one attached hydrogen (secondary N) is 2. The van der Waals surface area contributed by atoms with Crippen LogP contribution in [-0.2, 0) is 11.3 Å². The standard InChI is InChI=1S/C8H10FN3O4/c1-2-10-4(13)3-12-7(15)5(9)6(14)11-8(12)16/h15H,2-3H2,1H3,(H,10,13)(H,11,14,16). The molecular weight excluding hydrogens is 221 g/mol. The van der Waals surface area contributed by atoms with Gasteiger partial charge in [-0.1, -0.05) is 0 Å². The molecule has 88 valence electrons. The van der Waals surface area contributed by atoms with Gasteiger partial charge in [0.05, 0.1) is 0 Å². The molecule has 1 amide bonds. The smallest absolute Gasteiger partial charge is 0.331 e. The maximum atomic E-state index is 12.9. The van der Waals surface area contributed by atoms with E-state index in [9.17, 15) is 18.8 Å². The Morgan fingerprint density at radius 2 is 2.19 bits per heavy atom. The van der Waals surface area contributed by atoms with E-state index >= 15 is 0 Å². The second-order valence-electron chi connectivity index (χ2n) is 2.94. The number of rotatable bonds is 3. The van der Waals surface area contributed by atoms with Crippen LogP contribution in [0.1, 0.15) is 6.92 Å². The summed E-state index contributed by atoms with van der Waals surface area (Å²) >= 11 is 0. The van der Waals surface area contributed by atoms with Crippen LogP contribution in [0, 0.1) is 5.82 Å². The zero-order chi connectivity index (χ0) is 12.3. The number of amides is 1. The molecule has 3 N–H and O–H groups in total. The topological polar surface area (TPSA) is 104 Å². The van der Waals surface area contributed by atoms with E-state index in [2.05, 4.69) is 5.32 Å². The summed E-state index contributed by atoms with van der Waals surface area (Å²) in [5, 5.41) is 11.5. The van der Waals surface area contributed by atoms with Crippen molar-refractivity contribution in [3.8, 4) is 5.88 Å². The first kappa shape index (κ1) is 12.0. The Morgan fingerprint density at radius 1 is 1.56 bits per heavy atom. The SMILES string of the molecule is CCNC(=O)Cn1c(O)c(F)c(=O)[nH]c1=O. The van der Waals surface area contributed by atoms with E-state index in [4.69, 9.17) is 5.11 Å². The van der Waals surface area contributed by atoms with Crippen molar-refractivity contribution in [1.29, 1.82) is 0 Å². The van der Waals surface area contributed by atoms with Crippen LogP contribution in [0.5, 0.6) is 5.88 Å². The Labute approximate surface area is 88.5 Å². The quantitative estimate of drug-likeness (QED) is 0.590. The van der Waals surface area contributed by atoms with Crippen LogP contribution in [0.4, 0.5) is 4.39 Å². The maximum Gasteiger partial charge on any atom is 0.331 e. The van der Waals surface area contributed by atoms with E-state index < -0.39 is 35.4 Å². The van der Waals surface area contributed by atoms with E-state index in [-0.39, 0.29) is 0 Å². The van der Waals surface area contributed by atoms with Crippen molar-refractivity contribution in [2.24, 2.45) is 0 Å². The number of aromatic nitrogens is 2. The Bertz CT molecular complexity index is 519. The van der Waals surface area contributed by atoms with Crippen molar-refractivity contribution in [2.75, 3.05) is 6.54 Å². The minimum absolute atomic E-state index is 0.334. The van der Waals surface area contributed by atoms with E-state index in [1.807, 2.05) is 0 Å². The Balaban J connectivity index is 3.15. The van der Waals surface area contributed by atoms with Gasteiger partial charge in [-0.25, -0.2) is 4.79 Å². The highest BCUT2D eigenvalue weighted by atomic mass is 19.1. The van der Waals surface area contributed by atoms with Crippen LogP contribution in [0.15, 0.2) is 9.59 Å². The molecule has 8 heteroatoms. The molecule has 1 rings (SSSR count). The van der Waals surface area contributed by atoms with E-state index in [1.54, 1.807) is 11.9 Å². The van der Waals surface area contributed by atoms with Gasteiger partial charge >= 0.3 is 5.69 Å². The maximum absolute atomic E-state index is 12.9. The monoisotopic (exact) mass is 231 g/mol. The zero-order valence-corrected chi connectivity index (χ0v) is 8.41. The number of carbonyl (C=O) groups is 1. The van der Waals surface area contributed by atoms with Gasteiger partial charge in [0.25, 0.3) is 5.56 Å². The molecule has 1 aromatic heterocycles. The second kappa shape index (κ2) is 4.60. The minimum atomic E-state index is -1.50. The number of carbonyl (C=O) groups excluding carboxylic acids is 1. The number of nitrogens with zero attached hydrogens (tertiary/aromatic N) is 1. The van der Waals surface area contributed by atoms with Crippen LogP contribution in [0.2, 0.25) is 0 Å². The molecule has 0 aliphatic carbocycles. The first-order valence-electron chi connectivity index (χ1n) is 4.45. The molecule has 0 saturated carbocycles. The zero-order valence-electron chi connectivity index (χ0n) is 8.41. The predicted octanol–water partition coefficient (Wildman–Crippen LogP) is -1.48. The third kappa shape index (κ3) is 2.27. The highest BCUT2D eigenvalue weighted by Gasteiger charge is 2.15. The summed E-state index contributed by atoms with van der Waals surface area (Å²) in [6, 6.07) is 0. The molecule has 0 aromatic carbocycles. The van der Waals surface area contributed by atoms with E-state index in [1.165, 1.54) is 0 Å². The first-order chi connectivity index (χ1) is 7.47. The van der Waals surface area contributed by atoms with Gasteiger partial charge in [-0.2, -0.15) is 4.39 Å².